The number of aromatic carboxylic acids is 1. The van der Waals surface area contributed by atoms with E-state index >= 15 is 0 Å². The van der Waals surface area contributed by atoms with Crippen LogP contribution in [-0.2, 0) is 0 Å². The number of pyridine rings is 1. The number of aryl methyl sites for hydroxylation is 2. The van der Waals surface area contributed by atoms with Gasteiger partial charge in [-0.25, -0.2) is 9.78 Å². The molecule has 1 aromatic carbocycles. The molecule has 3 aromatic rings. The van der Waals surface area contributed by atoms with Crippen LogP contribution in [0.2, 0.25) is 0 Å². The molecule has 0 aliphatic rings. The van der Waals surface area contributed by atoms with Crippen LogP contribution < -0.4 is 5.32 Å². The monoisotopic (exact) mass is 387 g/mol. The number of carboxylic acids is 1. The molecule has 0 radical (unpaired) electrons. The Balaban J connectivity index is 1.97. The summed E-state index contributed by atoms with van der Waals surface area (Å²) in [4.78, 5) is 28.0. The fourth-order valence-corrected chi connectivity index (χ4v) is 3.15. The van der Waals surface area contributed by atoms with Gasteiger partial charge in [0.2, 0.25) is 0 Å². The molecule has 0 unspecified atom stereocenters. The lowest BCUT2D eigenvalue weighted by Crippen LogP contribution is -2.15. The zero-order chi connectivity index (χ0) is 17.4. The number of fused-ring (bicyclic) bond motifs is 1. The maximum Gasteiger partial charge on any atom is 0.335 e. The average Bonchev–Trinajstić information content (AvgIpc) is 2.84. The Morgan fingerprint density at radius 3 is 2.50 bits per heavy atom. The Hall–Kier alpha value is -2.67. The lowest BCUT2D eigenvalue weighted by atomic mass is 10.2. The standard InChI is InChI=1S/C17H14BrN3O3/c1-9-7-13(18)15-19-10(2)14(21(15)8-9)16(22)20-12-5-3-11(4-6-12)17(23)24/h3-8H,1-2H3,(H,20,22)(H,23,24). The number of benzene rings is 1. The molecule has 0 fully saturated rings. The number of carboxylic acid groups (broad SMARTS) is 1. The van der Waals surface area contributed by atoms with E-state index in [4.69, 9.17) is 5.11 Å². The number of halogens is 1. The van der Waals surface area contributed by atoms with E-state index in [-0.39, 0.29) is 11.5 Å². The largest absolute Gasteiger partial charge is 0.478 e. The first-order valence-corrected chi connectivity index (χ1v) is 7.95. The molecule has 0 saturated heterocycles. The van der Waals surface area contributed by atoms with Gasteiger partial charge in [0.05, 0.1) is 15.7 Å². The lowest BCUT2D eigenvalue weighted by Gasteiger charge is -2.07. The fourth-order valence-electron chi connectivity index (χ4n) is 2.51. The number of rotatable bonds is 3. The van der Waals surface area contributed by atoms with Crippen molar-refractivity contribution in [3.05, 3.63) is 63.5 Å². The highest BCUT2D eigenvalue weighted by atomic mass is 79.9. The first-order valence-electron chi connectivity index (χ1n) is 7.16. The minimum absolute atomic E-state index is 0.165. The normalized spacial score (nSPS) is 10.8. The molecule has 0 bridgehead atoms. The highest BCUT2D eigenvalue weighted by molar-refractivity contribution is 9.10. The van der Waals surface area contributed by atoms with Gasteiger partial charge in [-0.3, -0.25) is 9.20 Å². The second-order valence-electron chi connectivity index (χ2n) is 5.44. The predicted molar refractivity (Wildman–Crippen MR) is 93.7 cm³/mol. The Labute approximate surface area is 146 Å². The van der Waals surface area contributed by atoms with Gasteiger partial charge in [0.15, 0.2) is 5.65 Å². The van der Waals surface area contributed by atoms with Gasteiger partial charge >= 0.3 is 5.97 Å². The van der Waals surface area contributed by atoms with Gasteiger partial charge in [-0.1, -0.05) is 0 Å². The highest BCUT2D eigenvalue weighted by Crippen LogP contribution is 2.23. The van der Waals surface area contributed by atoms with Gasteiger partial charge in [-0.05, 0) is 65.7 Å². The summed E-state index contributed by atoms with van der Waals surface area (Å²) in [5.41, 5.74) is 3.40. The number of nitrogens with zero attached hydrogens (tertiary/aromatic N) is 2. The van der Waals surface area contributed by atoms with Crippen molar-refractivity contribution in [3.63, 3.8) is 0 Å². The third kappa shape index (κ3) is 2.90. The van der Waals surface area contributed by atoms with Crippen LogP contribution in [0.4, 0.5) is 5.69 Å². The molecular weight excluding hydrogens is 374 g/mol. The Morgan fingerprint density at radius 2 is 1.88 bits per heavy atom. The van der Waals surface area contributed by atoms with Crippen LogP contribution in [0.3, 0.4) is 0 Å². The van der Waals surface area contributed by atoms with Crippen LogP contribution in [0.15, 0.2) is 41.0 Å². The number of hydrogen-bond acceptors (Lipinski definition) is 3. The van der Waals surface area contributed by atoms with Gasteiger partial charge in [-0.2, -0.15) is 0 Å². The van der Waals surface area contributed by atoms with E-state index in [1.807, 2.05) is 19.2 Å². The van der Waals surface area contributed by atoms with Crippen molar-refractivity contribution in [1.82, 2.24) is 9.38 Å². The van der Waals surface area contributed by atoms with Gasteiger partial charge in [0.1, 0.15) is 5.69 Å². The number of carbonyl (C=O) groups excluding carboxylic acids is 1. The summed E-state index contributed by atoms with van der Waals surface area (Å²) in [7, 11) is 0. The molecule has 6 nitrogen and oxygen atoms in total. The fraction of sp³-hybridized carbons (Fsp3) is 0.118. The summed E-state index contributed by atoms with van der Waals surface area (Å²) in [6.07, 6.45) is 1.85. The topological polar surface area (TPSA) is 83.7 Å². The van der Waals surface area contributed by atoms with Crippen LogP contribution in [-0.4, -0.2) is 26.4 Å². The van der Waals surface area contributed by atoms with Gasteiger partial charge in [0.25, 0.3) is 5.91 Å². The van der Waals surface area contributed by atoms with Crippen molar-refractivity contribution in [2.24, 2.45) is 0 Å². The van der Waals surface area contributed by atoms with Gasteiger partial charge in [-0.15, -0.1) is 0 Å². The quantitative estimate of drug-likeness (QED) is 0.717. The van der Waals surface area contributed by atoms with E-state index in [1.165, 1.54) is 12.1 Å². The van der Waals surface area contributed by atoms with Crippen molar-refractivity contribution < 1.29 is 14.7 Å². The molecule has 122 valence electrons. The maximum atomic E-state index is 12.6. The van der Waals surface area contributed by atoms with Crippen LogP contribution >= 0.6 is 15.9 Å². The van der Waals surface area contributed by atoms with Gasteiger partial charge in [0, 0.05) is 11.9 Å². The molecule has 0 saturated carbocycles. The first-order chi connectivity index (χ1) is 11.4. The molecule has 2 heterocycles. The highest BCUT2D eigenvalue weighted by Gasteiger charge is 2.18. The summed E-state index contributed by atoms with van der Waals surface area (Å²) >= 11 is 3.46. The molecule has 7 heteroatoms. The molecule has 1 amide bonds. The summed E-state index contributed by atoms with van der Waals surface area (Å²) in [5.74, 6) is -1.31. The zero-order valence-corrected chi connectivity index (χ0v) is 14.6. The SMILES string of the molecule is Cc1cc(Br)c2nc(C)c(C(=O)Nc3ccc(C(=O)O)cc3)n2c1. The molecule has 24 heavy (non-hydrogen) atoms. The third-order valence-electron chi connectivity index (χ3n) is 3.59. The Bertz CT molecular complexity index is 961. The minimum Gasteiger partial charge on any atom is -0.478 e. The van der Waals surface area contributed by atoms with Crippen LogP contribution in [0, 0.1) is 13.8 Å². The van der Waals surface area contributed by atoms with Crippen molar-refractivity contribution in [2.45, 2.75) is 13.8 Å². The molecule has 3 rings (SSSR count). The van der Waals surface area contributed by atoms with Crippen molar-refractivity contribution >= 4 is 39.1 Å². The molecule has 0 atom stereocenters. The zero-order valence-electron chi connectivity index (χ0n) is 13.0. The summed E-state index contributed by atoms with van der Waals surface area (Å²) in [5, 5.41) is 11.7. The van der Waals surface area contributed by atoms with Crippen molar-refractivity contribution in [2.75, 3.05) is 5.32 Å². The maximum absolute atomic E-state index is 12.6. The Kier molecular flexibility index (Phi) is 4.11. The van der Waals surface area contributed by atoms with Gasteiger partial charge < -0.3 is 10.4 Å². The van der Waals surface area contributed by atoms with E-state index < -0.39 is 5.97 Å². The predicted octanol–water partition coefficient (Wildman–Crippen LogP) is 3.66. The van der Waals surface area contributed by atoms with E-state index in [9.17, 15) is 9.59 Å². The smallest absolute Gasteiger partial charge is 0.335 e. The van der Waals surface area contributed by atoms with Crippen LogP contribution in [0.5, 0.6) is 0 Å². The second kappa shape index (κ2) is 6.09. The van der Waals surface area contributed by atoms with Crippen molar-refractivity contribution in [1.29, 1.82) is 0 Å². The molecule has 2 N–H and O–H groups in total. The van der Waals surface area contributed by atoms with E-state index in [1.54, 1.807) is 23.5 Å². The third-order valence-corrected chi connectivity index (χ3v) is 4.17. The number of nitrogens with one attached hydrogen (secondary N) is 1. The summed E-state index contributed by atoms with van der Waals surface area (Å²) in [6.45, 7) is 3.71. The summed E-state index contributed by atoms with van der Waals surface area (Å²) in [6, 6.07) is 7.94. The number of carbonyl (C=O) groups is 2. The molecule has 2 aromatic heterocycles. The molecule has 0 spiro atoms. The average molecular weight is 388 g/mol. The summed E-state index contributed by atoms with van der Waals surface area (Å²) < 4.78 is 2.56. The van der Waals surface area contributed by atoms with E-state index in [2.05, 4.69) is 26.2 Å². The molecule has 0 aliphatic carbocycles. The number of hydrogen-bond donors (Lipinski definition) is 2. The number of aromatic nitrogens is 2. The molecule has 0 aliphatic heterocycles. The number of amides is 1. The number of anilines is 1. The lowest BCUT2D eigenvalue weighted by molar-refractivity contribution is 0.0696. The van der Waals surface area contributed by atoms with E-state index in [0.29, 0.717) is 22.7 Å². The first kappa shape index (κ1) is 16.2. The van der Waals surface area contributed by atoms with Crippen molar-refractivity contribution in [3.8, 4) is 0 Å². The van der Waals surface area contributed by atoms with Crippen LogP contribution in [0.1, 0.15) is 32.1 Å². The number of imidazole rings is 1. The molecular formula is C17H14BrN3O3. The Morgan fingerprint density at radius 1 is 1.21 bits per heavy atom. The van der Waals surface area contributed by atoms with Crippen LogP contribution in [0.25, 0.3) is 5.65 Å². The minimum atomic E-state index is -1.01. The second-order valence-corrected chi connectivity index (χ2v) is 6.30. The van der Waals surface area contributed by atoms with E-state index in [0.717, 1.165) is 10.0 Å².